The van der Waals surface area contributed by atoms with Gasteiger partial charge in [0, 0.05) is 18.0 Å². The van der Waals surface area contributed by atoms with Gasteiger partial charge in [0.05, 0.1) is 12.2 Å². The summed E-state index contributed by atoms with van der Waals surface area (Å²) in [4.78, 5) is 16.1. The lowest BCUT2D eigenvalue weighted by Gasteiger charge is -2.07. The first-order valence-electron chi connectivity index (χ1n) is 6.54. The standard InChI is InChI=1S/C13H18N4O3/c1-3-20-12(19)11-7-10(5-4-6-18)17(9(11)2)13-14-8-15-16-13/h7-8,18H,3-6H2,1-2H3,(H,14,15,16). The molecule has 0 radical (unpaired) electrons. The highest BCUT2D eigenvalue weighted by Crippen LogP contribution is 2.21. The molecule has 0 amide bonds. The summed E-state index contributed by atoms with van der Waals surface area (Å²) < 4.78 is 6.88. The van der Waals surface area contributed by atoms with E-state index < -0.39 is 0 Å². The summed E-state index contributed by atoms with van der Waals surface area (Å²) in [6.45, 7) is 4.03. The molecule has 20 heavy (non-hydrogen) atoms. The SMILES string of the molecule is CCOC(=O)c1cc(CCCO)n(-c2ncn[nH]2)c1C. The van der Waals surface area contributed by atoms with E-state index in [1.54, 1.807) is 13.0 Å². The Kier molecular flexibility index (Phi) is 4.52. The second-order valence-corrected chi connectivity index (χ2v) is 4.33. The molecule has 2 rings (SSSR count). The molecular weight excluding hydrogens is 260 g/mol. The van der Waals surface area contributed by atoms with Gasteiger partial charge in [-0.05, 0) is 32.8 Å². The lowest BCUT2D eigenvalue weighted by atomic mass is 10.2. The van der Waals surface area contributed by atoms with E-state index in [0.717, 1.165) is 11.4 Å². The van der Waals surface area contributed by atoms with Gasteiger partial charge in [-0.15, -0.1) is 0 Å². The molecule has 0 bridgehead atoms. The van der Waals surface area contributed by atoms with Crippen molar-refractivity contribution in [2.24, 2.45) is 0 Å². The summed E-state index contributed by atoms with van der Waals surface area (Å²) in [5.74, 6) is 0.194. The Morgan fingerprint density at radius 1 is 1.55 bits per heavy atom. The molecule has 0 unspecified atom stereocenters. The number of hydrogen-bond acceptors (Lipinski definition) is 5. The highest BCUT2D eigenvalue weighted by molar-refractivity contribution is 5.91. The summed E-state index contributed by atoms with van der Waals surface area (Å²) in [5.41, 5.74) is 2.14. The van der Waals surface area contributed by atoms with Crippen molar-refractivity contribution >= 4 is 5.97 Å². The van der Waals surface area contributed by atoms with Crippen molar-refractivity contribution in [1.82, 2.24) is 19.7 Å². The summed E-state index contributed by atoms with van der Waals surface area (Å²) in [5, 5.41) is 15.6. The van der Waals surface area contributed by atoms with Gasteiger partial charge < -0.3 is 9.84 Å². The largest absolute Gasteiger partial charge is 0.462 e. The summed E-state index contributed by atoms with van der Waals surface area (Å²) in [6, 6.07) is 1.78. The van der Waals surface area contributed by atoms with E-state index in [1.807, 2.05) is 11.5 Å². The van der Waals surface area contributed by atoms with Crippen LogP contribution in [0.25, 0.3) is 5.95 Å². The average molecular weight is 278 g/mol. The fourth-order valence-electron chi connectivity index (χ4n) is 2.13. The molecule has 0 spiro atoms. The van der Waals surface area contributed by atoms with Crippen molar-refractivity contribution in [3.63, 3.8) is 0 Å². The molecule has 2 heterocycles. The van der Waals surface area contributed by atoms with E-state index in [0.29, 0.717) is 31.0 Å². The zero-order chi connectivity index (χ0) is 14.5. The lowest BCUT2D eigenvalue weighted by molar-refractivity contribution is 0.0525. The minimum Gasteiger partial charge on any atom is -0.462 e. The van der Waals surface area contributed by atoms with Crippen molar-refractivity contribution in [3.8, 4) is 5.95 Å². The third-order valence-electron chi connectivity index (χ3n) is 3.02. The van der Waals surface area contributed by atoms with Gasteiger partial charge in [-0.2, -0.15) is 10.1 Å². The van der Waals surface area contributed by atoms with Crippen molar-refractivity contribution in [2.75, 3.05) is 13.2 Å². The number of ether oxygens (including phenoxy) is 1. The van der Waals surface area contributed by atoms with Crippen molar-refractivity contribution in [1.29, 1.82) is 0 Å². The Labute approximate surface area is 116 Å². The van der Waals surface area contributed by atoms with E-state index in [1.165, 1.54) is 6.33 Å². The van der Waals surface area contributed by atoms with Crippen LogP contribution < -0.4 is 0 Å². The summed E-state index contributed by atoms with van der Waals surface area (Å²) >= 11 is 0. The minimum atomic E-state index is -0.353. The Morgan fingerprint density at radius 3 is 2.95 bits per heavy atom. The number of aliphatic hydroxyl groups excluding tert-OH is 1. The van der Waals surface area contributed by atoms with Gasteiger partial charge in [0.1, 0.15) is 6.33 Å². The first kappa shape index (κ1) is 14.3. The molecule has 0 aliphatic rings. The number of carbonyl (C=O) groups is 1. The quantitative estimate of drug-likeness (QED) is 0.769. The lowest BCUT2D eigenvalue weighted by Crippen LogP contribution is -2.08. The predicted octanol–water partition coefficient (Wildman–Crippen LogP) is 1.01. The van der Waals surface area contributed by atoms with Crippen LogP contribution in [0.4, 0.5) is 0 Å². The highest BCUT2D eigenvalue weighted by atomic mass is 16.5. The Balaban J connectivity index is 2.44. The van der Waals surface area contributed by atoms with Crippen LogP contribution in [-0.2, 0) is 11.2 Å². The second kappa shape index (κ2) is 6.33. The van der Waals surface area contributed by atoms with Crippen LogP contribution in [0.3, 0.4) is 0 Å². The van der Waals surface area contributed by atoms with Gasteiger partial charge in [0.15, 0.2) is 0 Å². The predicted molar refractivity (Wildman–Crippen MR) is 71.8 cm³/mol. The third kappa shape index (κ3) is 2.72. The molecule has 2 aromatic heterocycles. The van der Waals surface area contributed by atoms with Gasteiger partial charge in [-0.25, -0.2) is 9.89 Å². The number of esters is 1. The molecule has 0 saturated heterocycles. The smallest absolute Gasteiger partial charge is 0.339 e. The number of aryl methyl sites for hydroxylation is 1. The number of aromatic nitrogens is 4. The van der Waals surface area contributed by atoms with E-state index in [4.69, 9.17) is 9.84 Å². The van der Waals surface area contributed by atoms with E-state index in [9.17, 15) is 4.79 Å². The zero-order valence-electron chi connectivity index (χ0n) is 11.6. The number of rotatable bonds is 6. The fourth-order valence-corrected chi connectivity index (χ4v) is 2.13. The average Bonchev–Trinajstić information content (AvgIpc) is 3.04. The van der Waals surface area contributed by atoms with Crippen molar-refractivity contribution in [3.05, 3.63) is 29.3 Å². The number of nitrogens with one attached hydrogen (secondary N) is 1. The van der Waals surface area contributed by atoms with Crippen LogP contribution in [0.5, 0.6) is 0 Å². The number of hydrogen-bond donors (Lipinski definition) is 2. The number of aliphatic hydroxyl groups is 1. The van der Waals surface area contributed by atoms with Crippen LogP contribution in [0.15, 0.2) is 12.4 Å². The van der Waals surface area contributed by atoms with Crippen LogP contribution in [-0.4, -0.2) is 44.0 Å². The van der Waals surface area contributed by atoms with Crippen LogP contribution in [0.1, 0.15) is 35.1 Å². The van der Waals surface area contributed by atoms with Gasteiger partial charge in [-0.3, -0.25) is 4.57 Å². The molecule has 0 aliphatic heterocycles. The van der Waals surface area contributed by atoms with Crippen molar-refractivity contribution < 1.29 is 14.6 Å². The normalized spacial score (nSPS) is 10.8. The van der Waals surface area contributed by atoms with E-state index in [-0.39, 0.29) is 12.6 Å². The van der Waals surface area contributed by atoms with E-state index in [2.05, 4.69) is 15.2 Å². The molecule has 0 fully saturated rings. The molecule has 7 heteroatoms. The first-order chi connectivity index (χ1) is 9.69. The molecule has 0 aliphatic carbocycles. The van der Waals surface area contributed by atoms with Gasteiger partial charge in [-0.1, -0.05) is 0 Å². The first-order valence-corrected chi connectivity index (χ1v) is 6.54. The molecule has 0 saturated carbocycles. The second-order valence-electron chi connectivity index (χ2n) is 4.33. The molecular formula is C13H18N4O3. The fraction of sp³-hybridized carbons (Fsp3) is 0.462. The van der Waals surface area contributed by atoms with Crippen LogP contribution in [0, 0.1) is 6.92 Å². The Morgan fingerprint density at radius 2 is 2.35 bits per heavy atom. The topological polar surface area (TPSA) is 93.0 Å². The van der Waals surface area contributed by atoms with Gasteiger partial charge >= 0.3 is 5.97 Å². The molecule has 0 atom stereocenters. The molecule has 2 N–H and O–H groups in total. The number of aromatic amines is 1. The number of nitrogens with zero attached hydrogens (tertiary/aromatic N) is 3. The molecule has 108 valence electrons. The van der Waals surface area contributed by atoms with Gasteiger partial charge in [0.25, 0.3) is 0 Å². The zero-order valence-corrected chi connectivity index (χ0v) is 11.6. The van der Waals surface area contributed by atoms with E-state index >= 15 is 0 Å². The Hall–Kier alpha value is -2.15. The highest BCUT2D eigenvalue weighted by Gasteiger charge is 2.20. The minimum absolute atomic E-state index is 0.0926. The maximum absolute atomic E-state index is 11.9. The molecule has 0 aromatic carbocycles. The summed E-state index contributed by atoms with van der Waals surface area (Å²) in [6.07, 6.45) is 2.66. The number of H-pyrrole nitrogens is 1. The third-order valence-corrected chi connectivity index (χ3v) is 3.02. The molecule has 7 nitrogen and oxygen atoms in total. The Bertz CT molecular complexity index is 575. The van der Waals surface area contributed by atoms with Gasteiger partial charge in [0.2, 0.25) is 5.95 Å². The maximum Gasteiger partial charge on any atom is 0.339 e. The number of carbonyl (C=O) groups excluding carboxylic acids is 1. The van der Waals surface area contributed by atoms with Crippen LogP contribution >= 0.6 is 0 Å². The van der Waals surface area contributed by atoms with Crippen LogP contribution in [0.2, 0.25) is 0 Å². The monoisotopic (exact) mass is 278 g/mol. The van der Waals surface area contributed by atoms with Crippen molar-refractivity contribution in [2.45, 2.75) is 26.7 Å². The molecule has 2 aromatic rings. The summed E-state index contributed by atoms with van der Waals surface area (Å²) in [7, 11) is 0. The maximum atomic E-state index is 11.9.